The molecule has 8 nitrogen and oxygen atoms in total. The second-order valence-corrected chi connectivity index (χ2v) is 6.99. The quantitative estimate of drug-likeness (QED) is 0.377. The number of benzene rings is 1. The second-order valence-electron chi connectivity index (χ2n) is 6.62. The second kappa shape index (κ2) is 8.54. The number of anilines is 1. The van der Waals surface area contributed by atoms with Crippen molar-refractivity contribution >= 4 is 28.9 Å². The lowest BCUT2D eigenvalue weighted by Crippen LogP contribution is -2.28. The number of nitrogens with one attached hydrogen (secondary N) is 3. The van der Waals surface area contributed by atoms with E-state index in [-0.39, 0.29) is 4.84 Å². The van der Waals surface area contributed by atoms with Crippen LogP contribution in [-0.4, -0.2) is 56.2 Å². The molecule has 3 heterocycles. The molecule has 150 valence electrons. The Kier molecular flexibility index (Phi) is 5.68. The molecule has 9 heteroatoms. The molecule has 0 amide bonds. The zero-order valence-corrected chi connectivity index (χ0v) is 17.2. The summed E-state index contributed by atoms with van der Waals surface area (Å²) in [5.74, 6) is 1.22. The molecule has 0 atom stereocenters. The van der Waals surface area contributed by atoms with Crippen molar-refractivity contribution < 1.29 is 4.42 Å². The number of hydrogen-bond acceptors (Lipinski definition) is 7. The summed E-state index contributed by atoms with van der Waals surface area (Å²) in [4.78, 5) is 14.9. The minimum atomic E-state index is 0.250. The summed E-state index contributed by atoms with van der Waals surface area (Å²) in [6.07, 6.45) is 5.38. The van der Waals surface area contributed by atoms with E-state index in [1.165, 1.54) is 0 Å². The lowest BCUT2D eigenvalue weighted by molar-refractivity contribution is 0.316. The Morgan fingerprint density at radius 1 is 1.21 bits per heavy atom. The molecule has 0 saturated carbocycles. The fourth-order valence-electron chi connectivity index (χ4n) is 3.27. The molecule has 0 aliphatic rings. The van der Waals surface area contributed by atoms with Crippen LogP contribution in [0.1, 0.15) is 13.8 Å². The van der Waals surface area contributed by atoms with Gasteiger partial charge in [0, 0.05) is 35.8 Å². The van der Waals surface area contributed by atoms with Crippen molar-refractivity contribution in [3.05, 3.63) is 41.6 Å². The number of hydrogen-bond donors (Lipinski definition) is 3. The van der Waals surface area contributed by atoms with E-state index in [0.29, 0.717) is 5.89 Å². The Morgan fingerprint density at radius 3 is 2.83 bits per heavy atom. The fourth-order valence-corrected chi connectivity index (χ4v) is 3.40. The molecule has 0 spiro atoms. The first-order chi connectivity index (χ1) is 14.2. The van der Waals surface area contributed by atoms with Crippen molar-refractivity contribution in [2.24, 2.45) is 0 Å². The van der Waals surface area contributed by atoms with Gasteiger partial charge in [-0.25, -0.2) is 10.1 Å². The molecule has 0 saturated heterocycles. The summed E-state index contributed by atoms with van der Waals surface area (Å²) in [7, 11) is 0. The molecule has 29 heavy (non-hydrogen) atoms. The van der Waals surface area contributed by atoms with Gasteiger partial charge in [0.1, 0.15) is 5.82 Å². The van der Waals surface area contributed by atoms with Crippen molar-refractivity contribution in [1.29, 1.82) is 0 Å². The van der Waals surface area contributed by atoms with Crippen LogP contribution in [0.3, 0.4) is 0 Å². The van der Waals surface area contributed by atoms with E-state index in [1.807, 2.05) is 18.3 Å². The highest BCUT2D eigenvalue weighted by atomic mass is 32.1. The van der Waals surface area contributed by atoms with Crippen molar-refractivity contribution in [3.8, 4) is 22.7 Å². The van der Waals surface area contributed by atoms with Gasteiger partial charge in [0.15, 0.2) is 0 Å². The van der Waals surface area contributed by atoms with E-state index in [9.17, 15) is 0 Å². The first kappa shape index (κ1) is 19.3. The number of nitrogens with zero attached hydrogens (tertiary/aromatic N) is 4. The van der Waals surface area contributed by atoms with E-state index in [1.54, 1.807) is 12.4 Å². The van der Waals surface area contributed by atoms with Crippen molar-refractivity contribution in [2.75, 3.05) is 31.5 Å². The van der Waals surface area contributed by atoms with Gasteiger partial charge in [0.2, 0.25) is 5.89 Å². The van der Waals surface area contributed by atoms with Gasteiger partial charge in [-0.15, -0.1) is 5.10 Å². The highest BCUT2D eigenvalue weighted by Crippen LogP contribution is 2.30. The first-order valence-electron chi connectivity index (χ1n) is 9.63. The number of H-pyrrole nitrogens is 2. The highest BCUT2D eigenvalue weighted by Gasteiger charge is 2.13. The van der Waals surface area contributed by atoms with Crippen LogP contribution >= 0.6 is 12.2 Å². The monoisotopic (exact) mass is 409 g/mol. The summed E-state index contributed by atoms with van der Waals surface area (Å²) >= 11 is 4.99. The van der Waals surface area contributed by atoms with Crippen molar-refractivity contribution in [1.82, 2.24) is 30.0 Å². The topological polar surface area (TPSA) is 98.7 Å². The summed E-state index contributed by atoms with van der Waals surface area (Å²) in [5.41, 5.74) is 3.59. The zero-order chi connectivity index (χ0) is 20.2. The van der Waals surface area contributed by atoms with Crippen LogP contribution in [0.15, 0.2) is 41.2 Å². The molecule has 0 aliphatic carbocycles. The Balaban J connectivity index is 1.59. The molecule has 0 fully saturated rings. The van der Waals surface area contributed by atoms with Crippen LogP contribution in [0.25, 0.3) is 33.6 Å². The van der Waals surface area contributed by atoms with Crippen molar-refractivity contribution in [2.45, 2.75) is 13.8 Å². The van der Waals surface area contributed by atoms with Crippen molar-refractivity contribution in [3.63, 3.8) is 0 Å². The predicted molar refractivity (Wildman–Crippen MR) is 116 cm³/mol. The molecule has 4 rings (SSSR count). The average Bonchev–Trinajstić information content (AvgIpc) is 3.37. The maximum Gasteiger partial charge on any atom is 0.284 e. The molecule has 0 unspecified atom stereocenters. The number of aromatic amines is 2. The van der Waals surface area contributed by atoms with Crippen LogP contribution in [0.4, 0.5) is 5.82 Å². The predicted octanol–water partition coefficient (Wildman–Crippen LogP) is 4.09. The molecule has 1 aromatic carbocycles. The van der Waals surface area contributed by atoms with Gasteiger partial charge < -0.3 is 19.6 Å². The number of aromatic nitrogens is 5. The molecule has 0 bridgehead atoms. The summed E-state index contributed by atoms with van der Waals surface area (Å²) in [5, 5.41) is 11.1. The van der Waals surface area contributed by atoms with E-state index in [0.717, 1.165) is 59.7 Å². The third-order valence-corrected chi connectivity index (χ3v) is 5.08. The lowest BCUT2D eigenvalue weighted by Gasteiger charge is -2.18. The minimum Gasteiger partial charge on any atom is -0.409 e. The van der Waals surface area contributed by atoms with Gasteiger partial charge in [0.05, 0.1) is 23.7 Å². The maximum absolute atomic E-state index is 5.47. The summed E-state index contributed by atoms with van der Waals surface area (Å²) < 4.78 is 5.47. The van der Waals surface area contributed by atoms with E-state index in [2.05, 4.69) is 50.3 Å². The Bertz CT molecular complexity index is 1160. The van der Waals surface area contributed by atoms with Gasteiger partial charge >= 0.3 is 0 Å². The zero-order valence-electron chi connectivity index (χ0n) is 16.4. The van der Waals surface area contributed by atoms with E-state index < -0.39 is 0 Å². The van der Waals surface area contributed by atoms with E-state index in [4.69, 9.17) is 21.6 Å². The third kappa shape index (κ3) is 4.20. The Labute approximate surface area is 173 Å². The van der Waals surface area contributed by atoms with Gasteiger partial charge in [0.25, 0.3) is 4.84 Å². The van der Waals surface area contributed by atoms with Crippen LogP contribution < -0.4 is 5.32 Å². The van der Waals surface area contributed by atoms with Gasteiger partial charge in [-0.1, -0.05) is 19.9 Å². The molecule has 4 aromatic rings. The average molecular weight is 410 g/mol. The van der Waals surface area contributed by atoms with Crippen LogP contribution in [0, 0.1) is 4.84 Å². The summed E-state index contributed by atoms with van der Waals surface area (Å²) in [6, 6.07) is 6.09. The first-order valence-corrected chi connectivity index (χ1v) is 10.0. The molecular formula is C20H23N7OS. The van der Waals surface area contributed by atoms with Crippen LogP contribution in [-0.2, 0) is 0 Å². The van der Waals surface area contributed by atoms with Crippen LogP contribution in [0.2, 0.25) is 0 Å². The van der Waals surface area contributed by atoms with E-state index >= 15 is 0 Å². The molecular weight excluding hydrogens is 386 g/mol. The molecule has 3 aromatic heterocycles. The Hall–Kier alpha value is -3.04. The van der Waals surface area contributed by atoms with Gasteiger partial charge in [-0.3, -0.25) is 4.98 Å². The normalized spacial score (nSPS) is 11.4. The Morgan fingerprint density at radius 2 is 2.07 bits per heavy atom. The van der Waals surface area contributed by atoms with Gasteiger partial charge in [-0.2, -0.15) is 0 Å². The summed E-state index contributed by atoms with van der Waals surface area (Å²) in [6.45, 7) is 8.21. The molecule has 0 aliphatic heterocycles. The third-order valence-electron chi connectivity index (χ3n) is 4.91. The minimum absolute atomic E-state index is 0.250. The maximum atomic E-state index is 5.47. The molecule has 0 radical (unpaired) electrons. The number of rotatable bonds is 8. The fraction of sp³-hybridized carbons (Fsp3) is 0.300. The lowest BCUT2D eigenvalue weighted by atomic mass is 10.1. The highest BCUT2D eigenvalue weighted by molar-refractivity contribution is 7.71. The number of fused-ring (bicyclic) bond motifs is 1. The van der Waals surface area contributed by atoms with Crippen LogP contribution in [0.5, 0.6) is 0 Å². The molecule has 3 N–H and O–H groups in total. The number of likely N-dealkylation sites (N-methyl/N-ethyl adjacent to an activating group) is 1. The standard InChI is InChI=1S/C20H23N7OS/c1-3-27(4-2)8-7-22-18-12-21-11-17(24-18)13-5-6-16-14(9-13)15(10-23-16)19-25-26-20(29)28-19/h5-6,9-12,23H,3-4,7-8H2,1-2H3,(H,22,24)(H,26,29). The largest absolute Gasteiger partial charge is 0.409 e. The smallest absolute Gasteiger partial charge is 0.284 e. The van der Waals surface area contributed by atoms with Gasteiger partial charge in [-0.05, 0) is 37.4 Å². The SMILES string of the molecule is CCN(CC)CCNc1cncc(-c2ccc3[nH]cc(-c4n[nH]c(=S)o4)c3c2)n1.